The van der Waals surface area contributed by atoms with Crippen LogP contribution in [-0.4, -0.2) is 35.0 Å². The van der Waals surface area contributed by atoms with Crippen LogP contribution in [0.15, 0.2) is 30.3 Å². The molecular weight excluding hydrogens is 552 g/mol. The van der Waals surface area contributed by atoms with E-state index in [0.717, 1.165) is 28.7 Å². The smallest absolute Gasteiger partial charge is 0.200 e. The normalized spacial score (nSPS) is 11.8. The van der Waals surface area contributed by atoms with Crippen LogP contribution < -0.4 is 0 Å². The van der Waals surface area contributed by atoms with Crippen molar-refractivity contribution in [3.05, 3.63) is 70.5 Å². The molecule has 0 spiro atoms. The first-order chi connectivity index (χ1) is 16.3. The van der Waals surface area contributed by atoms with Crippen LogP contribution in [0.25, 0.3) is 12.2 Å². The van der Waals surface area contributed by atoms with Gasteiger partial charge in [-0.25, -0.2) is 22.0 Å². The zero-order valence-electron chi connectivity index (χ0n) is 22.4. The van der Waals surface area contributed by atoms with Crippen molar-refractivity contribution in [3.8, 4) is 0 Å². The molecule has 0 atom stereocenters. The minimum atomic E-state index is -2.16. The van der Waals surface area contributed by atoms with Gasteiger partial charge < -0.3 is 0 Å². The fourth-order valence-electron chi connectivity index (χ4n) is 3.97. The van der Waals surface area contributed by atoms with Gasteiger partial charge in [0.1, 0.15) is 0 Å². The van der Waals surface area contributed by atoms with Crippen LogP contribution in [0, 0.1) is 29.1 Å². The summed E-state index contributed by atoms with van der Waals surface area (Å²) in [7, 11) is 0.511. The summed E-state index contributed by atoms with van der Waals surface area (Å²) in [6.45, 7) is 19.3. The van der Waals surface area contributed by atoms with Crippen LogP contribution in [0.2, 0.25) is 0 Å². The third-order valence-electron chi connectivity index (χ3n) is 5.76. The molecule has 0 aliphatic rings. The van der Waals surface area contributed by atoms with Crippen molar-refractivity contribution in [2.24, 2.45) is 0 Å². The number of halogens is 5. The van der Waals surface area contributed by atoms with Crippen molar-refractivity contribution >= 4 is 28.0 Å². The molecule has 2 aromatic rings. The van der Waals surface area contributed by atoms with E-state index in [0.29, 0.717) is 5.56 Å². The number of hydrogen-bond acceptors (Lipinski definition) is 0. The predicted octanol–water partition coefficient (Wildman–Crippen LogP) is 10.1. The maximum Gasteiger partial charge on any atom is 0.200 e. The molecule has 2 aromatic carbocycles. The van der Waals surface area contributed by atoms with E-state index >= 15 is 0 Å². The van der Waals surface area contributed by atoms with E-state index in [1.165, 1.54) is 18.4 Å². The Balaban J connectivity index is 0.000000674. The molecule has 0 heterocycles. The Kier molecular flexibility index (Phi) is 16.5. The Labute approximate surface area is 227 Å². The molecule has 0 aliphatic heterocycles. The van der Waals surface area contributed by atoms with E-state index in [-0.39, 0.29) is 32.3 Å². The Bertz CT molecular complexity index is 882. The Morgan fingerprint density at radius 3 is 1.22 bits per heavy atom. The Morgan fingerprint density at radius 1 is 0.556 bits per heavy atom. The van der Waals surface area contributed by atoms with Gasteiger partial charge in [-0.1, -0.05) is 91.8 Å². The zero-order valence-corrected chi connectivity index (χ0v) is 25.1. The van der Waals surface area contributed by atoms with Crippen LogP contribution in [-0.2, 0) is 16.5 Å². The third kappa shape index (κ3) is 10.5. The van der Waals surface area contributed by atoms with Gasteiger partial charge in [-0.2, -0.15) is 0 Å². The van der Waals surface area contributed by atoms with E-state index in [1.807, 2.05) is 0 Å². The monoisotopic (exact) mass is 590 g/mol. The molecule has 0 bridgehead atoms. The topological polar surface area (TPSA) is 0 Å². The molecule has 0 unspecified atom stereocenters. The SMILES string of the molecule is CC(C)P(CCP(C(C)C)C(C)C)C(C)C.Fc1c(F)c(F)c(/C=C/c2ccccc2)c(F)c1F.[Ni]. The number of benzene rings is 2. The summed E-state index contributed by atoms with van der Waals surface area (Å²) in [6, 6.07) is 8.34. The Morgan fingerprint density at radius 2 is 0.889 bits per heavy atom. The van der Waals surface area contributed by atoms with E-state index < -0.39 is 34.6 Å². The summed E-state index contributed by atoms with van der Waals surface area (Å²) in [4.78, 5) is 0. The van der Waals surface area contributed by atoms with E-state index in [2.05, 4.69) is 55.4 Å². The van der Waals surface area contributed by atoms with Gasteiger partial charge in [-0.3, -0.25) is 0 Å². The van der Waals surface area contributed by atoms with Crippen molar-refractivity contribution in [2.45, 2.75) is 78.0 Å². The minimum Gasteiger partial charge on any atom is -0.203 e. The third-order valence-corrected chi connectivity index (χ3v) is 12.9. The van der Waals surface area contributed by atoms with E-state index in [1.54, 1.807) is 30.3 Å². The van der Waals surface area contributed by atoms with Crippen LogP contribution in [0.1, 0.15) is 66.5 Å². The molecule has 0 radical (unpaired) electrons. The molecule has 0 nitrogen and oxygen atoms in total. The molecule has 0 aliphatic carbocycles. The van der Waals surface area contributed by atoms with Crippen molar-refractivity contribution in [1.82, 2.24) is 0 Å². The fourth-order valence-corrected chi connectivity index (χ4v) is 10.3. The van der Waals surface area contributed by atoms with Gasteiger partial charge in [0.15, 0.2) is 23.3 Å². The summed E-state index contributed by atoms with van der Waals surface area (Å²) in [5.41, 5.74) is 3.25. The summed E-state index contributed by atoms with van der Waals surface area (Å²) in [5.74, 6) is -9.75. The van der Waals surface area contributed by atoms with Gasteiger partial charge in [0.05, 0.1) is 5.56 Å². The molecule has 0 amide bonds. The average molecular weight is 591 g/mol. The Hall–Kier alpha value is -0.816. The molecule has 0 saturated heterocycles. The quantitative estimate of drug-likeness (QED) is 0.0680. The van der Waals surface area contributed by atoms with Gasteiger partial charge in [-0.05, 0) is 46.6 Å². The van der Waals surface area contributed by atoms with Crippen LogP contribution in [0.3, 0.4) is 0 Å². The zero-order chi connectivity index (χ0) is 26.9. The van der Waals surface area contributed by atoms with Crippen molar-refractivity contribution in [2.75, 3.05) is 12.3 Å². The first-order valence-electron chi connectivity index (χ1n) is 12.1. The first-order valence-corrected chi connectivity index (χ1v) is 15.4. The van der Waals surface area contributed by atoms with Gasteiger partial charge in [0.25, 0.3) is 0 Å². The predicted molar refractivity (Wildman–Crippen MR) is 146 cm³/mol. The average Bonchev–Trinajstić information content (AvgIpc) is 2.79. The maximum atomic E-state index is 13.3. The molecule has 0 N–H and O–H groups in total. The first kappa shape index (κ1) is 35.2. The van der Waals surface area contributed by atoms with Crippen LogP contribution >= 0.6 is 15.8 Å². The molecule has 206 valence electrons. The van der Waals surface area contributed by atoms with Gasteiger partial charge >= 0.3 is 0 Å². The van der Waals surface area contributed by atoms with E-state index in [9.17, 15) is 22.0 Å². The number of rotatable bonds is 9. The summed E-state index contributed by atoms with van der Waals surface area (Å²) in [5, 5.41) is 0. The molecule has 2 rings (SSSR count). The van der Waals surface area contributed by atoms with Gasteiger partial charge in [0.2, 0.25) is 5.82 Å². The summed E-state index contributed by atoms with van der Waals surface area (Å²) < 4.78 is 65.3. The molecule has 0 fully saturated rings. The second-order valence-electron chi connectivity index (χ2n) is 9.58. The molecule has 0 aromatic heterocycles. The van der Waals surface area contributed by atoms with Crippen LogP contribution in [0.5, 0.6) is 0 Å². The second kappa shape index (κ2) is 16.9. The van der Waals surface area contributed by atoms with Crippen molar-refractivity contribution in [1.29, 1.82) is 0 Å². The fraction of sp³-hybridized carbons (Fsp3) is 0.500. The maximum absolute atomic E-state index is 13.3. The molecular formula is C28H39F5NiP2. The van der Waals surface area contributed by atoms with Gasteiger partial charge in [0, 0.05) is 16.5 Å². The molecule has 36 heavy (non-hydrogen) atoms. The summed E-state index contributed by atoms with van der Waals surface area (Å²) >= 11 is 0. The standard InChI is InChI=1S/C14H7F5.C14H32P2.Ni/c15-10-9(7-6-8-4-2-1-3-5-8)11(16)13(18)14(19)12(10)17;1-11(2)15(12(3)4)9-10-16(13(5)6)14(7)8;/h1-7H;11-14H,9-10H2,1-8H3;/b7-6+;;. The van der Waals surface area contributed by atoms with E-state index in [4.69, 9.17) is 0 Å². The molecule has 0 saturated carbocycles. The summed E-state index contributed by atoms with van der Waals surface area (Å²) in [6.07, 6.45) is 5.13. The number of hydrogen-bond donors (Lipinski definition) is 0. The minimum absolute atomic E-state index is 0. The van der Waals surface area contributed by atoms with Crippen LogP contribution in [0.4, 0.5) is 22.0 Å². The second-order valence-corrected chi connectivity index (χ2v) is 16.7. The van der Waals surface area contributed by atoms with Gasteiger partial charge in [-0.15, -0.1) is 15.8 Å². The molecule has 8 heteroatoms. The largest absolute Gasteiger partial charge is 0.203 e. The van der Waals surface area contributed by atoms with Crippen molar-refractivity contribution in [3.63, 3.8) is 0 Å². The van der Waals surface area contributed by atoms with Crippen molar-refractivity contribution < 1.29 is 38.4 Å².